The maximum atomic E-state index is 13.5. The fourth-order valence-electron chi connectivity index (χ4n) is 1.99. The van der Waals surface area contributed by atoms with Gasteiger partial charge < -0.3 is 10.6 Å². The van der Waals surface area contributed by atoms with Crippen molar-refractivity contribution in [2.24, 2.45) is 0 Å². The lowest BCUT2D eigenvalue weighted by molar-refractivity contribution is -0.294. The zero-order valence-electron chi connectivity index (χ0n) is 13.4. The van der Waals surface area contributed by atoms with Gasteiger partial charge in [-0.3, -0.25) is 4.79 Å². The third-order valence-electron chi connectivity index (χ3n) is 3.38. The first-order valence-electron chi connectivity index (χ1n) is 7.09. The van der Waals surface area contributed by atoms with Gasteiger partial charge in [-0.1, -0.05) is 17.7 Å². The van der Waals surface area contributed by atoms with Crippen LogP contribution in [0.25, 0.3) is 0 Å². The van der Waals surface area contributed by atoms with Crippen LogP contribution in [-0.2, 0) is 0 Å². The minimum absolute atomic E-state index is 0.237. The van der Waals surface area contributed by atoms with Crippen LogP contribution < -0.4 is 10.6 Å². The Bertz CT molecular complexity index is 768. The van der Waals surface area contributed by atoms with E-state index in [1.807, 2.05) is 0 Å². The lowest BCUT2D eigenvalue weighted by atomic mass is 10.1. The summed E-state index contributed by atoms with van der Waals surface area (Å²) in [4.78, 5) is 15.7. The Kier molecular flexibility index (Phi) is 5.22. The highest BCUT2D eigenvalue weighted by molar-refractivity contribution is 7.13. The molecule has 0 aliphatic rings. The number of aromatic nitrogens is 1. The van der Waals surface area contributed by atoms with Gasteiger partial charge in [-0.15, -0.1) is 11.3 Å². The molecule has 0 atom stereocenters. The average Bonchev–Trinajstić information content (AvgIpc) is 2.90. The molecule has 2 N–H and O–H groups in total. The highest BCUT2D eigenvalue weighted by Crippen LogP contribution is 2.44. The second kappa shape index (κ2) is 6.78. The Morgan fingerprint density at radius 1 is 1.00 bits per heavy atom. The van der Waals surface area contributed by atoms with Crippen LogP contribution in [0.1, 0.15) is 21.6 Å². The molecule has 26 heavy (non-hydrogen) atoms. The van der Waals surface area contributed by atoms with Crippen LogP contribution in [0.3, 0.4) is 0 Å². The smallest absolute Gasteiger partial charge is 0.324 e. The van der Waals surface area contributed by atoms with E-state index in [9.17, 15) is 31.1 Å². The van der Waals surface area contributed by atoms with E-state index >= 15 is 0 Å². The van der Waals surface area contributed by atoms with E-state index in [1.54, 1.807) is 6.92 Å². The van der Waals surface area contributed by atoms with Crippen LogP contribution in [0.2, 0.25) is 0 Å². The molecule has 0 unspecified atom stereocenters. The molecule has 1 amide bonds. The third-order valence-corrected chi connectivity index (χ3v) is 4.25. The molecule has 0 saturated carbocycles. The summed E-state index contributed by atoms with van der Waals surface area (Å²) in [5, 5.41) is 3.06. The SMILES string of the molecule is Cc1ccc(C(=O)NC(Nc2nc(C)cs2)(C(F)(F)F)C(F)(F)F)cc1. The van der Waals surface area contributed by atoms with E-state index in [-0.39, 0.29) is 11.3 Å². The monoisotopic (exact) mass is 397 g/mol. The summed E-state index contributed by atoms with van der Waals surface area (Å²) in [6, 6.07) is 5.07. The van der Waals surface area contributed by atoms with Crippen molar-refractivity contribution < 1.29 is 31.1 Å². The lowest BCUT2D eigenvalue weighted by Gasteiger charge is -2.38. The average molecular weight is 397 g/mol. The number of carbonyl (C=O) groups is 1. The predicted molar refractivity (Wildman–Crippen MR) is 84.0 cm³/mol. The number of alkyl halides is 6. The fraction of sp³-hybridized carbons (Fsp3) is 0.333. The summed E-state index contributed by atoms with van der Waals surface area (Å²) < 4.78 is 80.9. The molecule has 1 heterocycles. The molecule has 0 aliphatic carbocycles. The number of nitrogens with one attached hydrogen (secondary N) is 2. The Labute approximate surface area is 148 Å². The molecule has 0 saturated heterocycles. The van der Waals surface area contributed by atoms with Gasteiger partial charge in [0.2, 0.25) is 0 Å². The number of hydrogen-bond acceptors (Lipinski definition) is 4. The van der Waals surface area contributed by atoms with Crippen molar-refractivity contribution in [3.8, 4) is 0 Å². The van der Waals surface area contributed by atoms with E-state index in [2.05, 4.69) is 4.98 Å². The van der Waals surface area contributed by atoms with Crippen molar-refractivity contribution >= 4 is 22.4 Å². The maximum absolute atomic E-state index is 13.5. The molecule has 2 aromatic rings. The summed E-state index contributed by atoms with van der Waals surface area (Å²) in [6.07, 6.45) is -11.8. The van der Waals surface area contributed by atoms with E-state index in [0.29, 0.717) is 16.9 Å². The summed E-state index contributed by atoms with van der Waals surface area (Å²) in [7, 11) is 0. The molecule has 142 valence electrons. The second-order valence-electron chi connectivity index (χ2n) is 5.48. The predicted octanol–water partition coefficient (Wildman–Crippen LogP) is 4.42. The maximum Gasteiger partial charge on any atom is 0.439 e. The van der Waals surface area contributed by atoms with Gasteiger partial charge in [-0.25, -0.2) is 4.98 Å². The molecule has 2 rings (SSSR count). The Hall–Kier alpha value is -2.30. The fourth-order valence-corrected chi connectivity index (χ4v) is 2.74. The van der Waals surface area contributed by atoms with Gasteiger partial charge in [-0.05, 0) is 26.0 Å². The van der Waals surface area contributed by atoms with Crippen molar-refractivity contribution in [2.75, 3.05) is 5.32 Å². The molecule has 0 bridgehead atoms. The topological polar surface area (TPSA) is 54.0 Å². The zero-order chi connectivity index (χ0) is 19.8. The molecule has 4 nitrogen and oxygen atoms in total. The quantitative estimate of drug-likeness (QED) is 0.593. The van der Waals surface area contributed by atoms with Gasteiger partial charge in [0.1, 0.15) is 0 Å². The van der Waals surface area contributed by atoms with Crippen molar-refractivity contribution in [1.29, 1.82) is 0 Å². The Morgan fingerprint density at radius 3 is 1.96 bits per heavy atom. The minimum atomic E-state index is -5.88. The van der Waals surface area contributed by atoms with Gasteiger partial charge in [0, 0.05) is 10.9 Å². The largest absolute Gasteiger partial charge is 0.439 e. The number of aryl methyl sites for hydroxylation is 2. The van der Waals surface area contributed by atoms with Crippen LogP contribution in [0.5, 0.6) is 0 Å². The van der Waals surface area contributed by atoms with Gasteiger partial charge in [0.05, 0.1) is 5.69 Å². The minimum Gasteiger partial charge on any atom is -0.324 e. The molecular formula is C15H13F6N3OS. The molecular weight excluding hydrogens is 384 g/mol. The second-order valence-corrected chi connectivity index (χ2v) is 6.34. The molecule has 1 aromatic heterocycles. The van der Waals surface area contributed by atoms with Gasteiger partial charge in [0.15, 0.2) is 5.13 Å². The van der Waals surface area contributed by atoms with Gasteiger partial charge in [0.25, 0.3) is 5.91 Å². The van der Waals surface area contributed by atoms with Crippen molar-refractivity contribution in [3.63, 3.8) is 0 Å². The third kappa shape index (κ3) is 3.92. The molecule has 0 radical (unpaired) electrons. The number of hydrogen-bond donors (Lipinski definition) is 2. The van der Waals surface area contributed by atoms with E-state index < -0.39 is 29.1 Å². The van der Waals surface area contributed by atoms with Crippen LogP contribution in [0.15, 0.2) is 29.6 Å². The van der Waals surface area contributed by atoms with Crippen LogP contribution >= 0.6 is 11.3 Å². The number of halogens is 6. The van der Waals surface area contributed by atoms with Crippen LogP contribution in [0.4, 0.5) is 31.5 Å². The summed E-state index contributed by atoms with van der Waals surface area (Å²) in [5.41, 5.74) is -4.10. The first-order chi connectivity index (χ1) is 11.9. The highest BCUT2D eigenvalue weighted by Gasteiger charge is 2.73. The van der Waals surface area contributed by atoms with E-state index in [4.69, 9.17) is 0 Å². The Morgan fingerprint density at radius 2 is 1.54 bits per heavy atom. The molecule has 0 spiro atoms. The van der Waals surface area contributed by atoms with Crippen molar-refractivity contribution in [2.45, 2.75) is 31.9 Å². The van der Waals surface area contributed by atoms with Gasteiger partial charge >= 0.3 is 18.0 Å². The van der Waals surface area contributed by atoms with E-state index in [1.165, 1.54) is 29.8 Å². The number of thiazole rings is 1. The summed E-state index contributed by atoms with van der Waals surface area (Å²) >= 11 is 0.560. The molecule has 0 fully saturated rings. The zero-order valence-corrected chi connectivity index (χ0v) is 14.2. The first-order valence-corrected chi connectivity index (χ1v) is 7.96. The normalized spacial score (nSPS) is 12.8. The number of nitrogens with zero attached hydrogens (tertiary/aromatic N) is 1. The van der Waals surface area contributed by atoms with Crippen molar-refractivity contribution in [3.05, 3.63) is 46.5 Å². The Balaban J connectivity index is 2.47. The number of amides is 1. The van der Waals surface area contributed by atoms with Gasteiger partial charge in [-0.2, -0.15) is 26.3 Å². The summed E-state index contributed by atoms with van der Waals surface area (Å²) in [6.45, 7) is 3.07. The van der Waals surface area contributed by atoms with Crippen LogP contribution in [0, 0.1) is 13.8 Å². The molecule has 0 aliphatic heterocycles. The lowest BCUT2D eigenvalue weighted by Crippen LogP contribution is -2.72. The van der Waals surface area contributed by atoms with Crippen molar-refractivity contribution in [1.82, 2.24) is 10.3 Å². The first kappa shape index (κ1) is 20.0. The number of carbonyl (C=O) groups excluding carboxylic acids is 1. The number of rotatable bonds is 4. The summed E-state index contributed by atoms with van der Waals surface area (Å²) in [5.74, 6) is -1.53. The standard InChI is InChI=1S/C15H13F6N3OS/c1-8-3-5-10(6-4-8)11(25)23-13(14(16,17)18,15(19,20)21)24-12-22-9(2)7-26-12/h3-7H,1-2H3,(H,22,24)(H,23,25). The highest BCUT2D eigenvalue weighted by atomic mass is 32.1. The molecule has 1 aromatic carbocycles. The molecule has 11 heteroatoms. The number of benzene rings is 1. The van der Waals surface area contributed by atoms with E-state index in [0.717, 1.165) is 17.4 Å². The van der Waals surface area contributed by atoms with Crippen LogP contribution in [-0.4, -0.2) is 28.9 Å². The number of anilines is 1.